The van der Waals surface area contributed by atoms with Gasteiger partial charge < -0.3 is 4.57 Å². The largest absolute Gasteiger partial charge is 0.308 e. The predicted molar refractivity (Wildman–Crippen MR) is 236 cm³/mol. The Hall–Kier alpha value is -7.69. The third kappa shape index (κ3) is 5.66. The SMILES string of the molecule is c1ccc(-c2ccc(-c3nc(-c4ccccc4)nc(-c4ccc(-c5cc6ccccc6c6ccccc56)cc4)n3)c(-n3c4ccccc4c4ccccc43)c2)cc1. The van der Waals surface area contributed by atoms with Crippen molar-refractivity contribution in [3.8, 4) is 62.1 Å². The van der Waals surface area contributed by atoms with E-state index >= 15 is 0 Å². The molecule has 0 radical (unpaired) electrons. The van der Waals surface area contributed by atoms with Crippen LogP contribution in [0.25, 0.3) is 105 Å². The van der Waals surface area contributed by atoms with Gasteiger partial charge in [-0.05, 0) is 74.1 Å². The van der Waals surface area contributed by atoms with E-state index in [1.165, 1.54) is 37.9 Å². The summed E-state index contributed by atoms with van der Waals surface area (Å²) in [6.45, 7) is 0. The van der Waals surface area contributed by atoms with E-state index in [4.69, 9.17) is 15.0 Å². The molecule has 11 aromatic rings. The minimum atomic E-state index is 0.611. The van der Waals surface area contributed by atoms with Gasteiger partial charge in [-0.2, -0.15) is 0 Å². The summed E-state index contributed by atoms with van der Waals surface area (Å²) < 4.78 is 2.36. The molecule has 9 aromatic carbocycles. The molecule has 4 heteroatoms. The van der Waals surface area contributed by atoms with E-state index in [0.717, 1.165) is 50.1 Å². The number of fused-ring (bicyclic) bond motifs is 6. The highest BCUT2D eigenvalue weighted by Crippen LogP contribution is 2.39. The van der Waals surface area contributed by atoms with Gasteiger partial charge in [0.05, 0.1) is 16.7 Å². The summed E-state index contributed by atoms with van der Waals surface area (Å²) in [7, 11) is 0. The molecule has 0 N–H and O–H groups in total. The Morgan fingerprint density at radius 3 is 1.42 bits per heavy atom. The molecule has 0 aliphatic rings. The second-order valence-corrected chi connectivity index (χ2v) is 14.4. The van der Waals surface area contributed by atoms with Crippen LogP contribution in [0.15, 0.2) is 206 Å². The lowest BCUT2D eigenvalue weighted by molar-refractivity contribution is 1.06. The Kier molecular flexibility index (Phi) is 7.78. The maximum absolute atomic E-state index is 5.29. The third-order valence-electron chi connectivity index (χ3n) is 11.1. The number of para-hydroxylation sites is 2. The standard InChI is InChI=1S/C53H34N4/c1-3-15-35(16-4-1)39-31-32-46(50(34-39)57-48-25-13-11-23-44(48)45-24-12-14-26-49(45)57)53-55-51(37-17-5-2-6-18-37)54-52(56-53)38-29-27-36(28-30-38)47-33-40-19-7-8-20-41(40)42-21-9-10-22-43(42)47/h1-34H. The summed E-state index contributed by atoms with van der Waals surface area (Å²) in [5, 5.41) is 7.37. The molecule has 4 nitrogen and oxygen atoms in total. The van der Waals surface area contributed by atoms with Gasteiger partial charge >= 0.3 is 0 Å². The second-order valence-electron chi connectivity index (χ2n) is 14.4. The van der Waals surface area contributed by atoms with E-state index in [1.54, 1.807) is 0 Å². The van der Waals surface area contributed by atoms with Crippen LogP contribution in [0.5, 0.6) is 0 Å². The van der Waals surface area contributed by atoms with E-state index < -0.39 is 0 Å². The first kappa shape index (κ1) is 32.7. The molecule has 2 heterocycles. The molecule has 0 atom stereocenters. The lowest BCUT2D eigenvalue weighted by Crippen LogP contribution is -2.04. The first-order valence-electron chi connectivity index (χ1n) is 19.3. The van der Waals surface area contributed by atoms with Crippen molar-refractivity contribution in [2.24, 2.45) is 0 Å². The minimum Gasteiger partial charge on any atom is -0.308 e. The van der Waals surface area contributed by atoms with Crippen LogP contribution >= 0.6 is 0 Å². The van der Waals surface area contributed by atoms with Gasteiger partial charge in [0.2, 0.25) is 0 Å². The van der Waals surface area contributed by atoms with Crippen LogP contribution in [0.4, 0.5) is 0 Å². The maximum Gasteiger partial charge on any atom is 0.166 e. The van der Waals surface area contributed by atoms with Crippen molar-refractivity contribution in [2.75, 3.05) is 0 Å². The molecule has 0 aliphatic heterocycles. The van der Waals surface area contributed by atoms with Gasteiger partial charge in [-0.15, -0.1) is 0 Å². The number of nitrogens with zero attached hydrogens (tertiary/aromatic N) is 4. The summed E-state index contributed by atoms with van der Waals surface area (Å²) in [5.41, 5.74) is 10.6. The van der Waals surface area contributed by atoms with E-state index in [9.17, 15) is 0 Å². The molecule has 0 saturated carbocycles. The van der Waals surface area contributed by atoms with Crippen molar-refractivity contribution in [2.45, 2.75) is 0 Å². The highest BCUT2D eigenvalue weighted by molar-refractivity contribution is 6.14. The molecular formula is C53H34N4. The maximum atomic E-state index is 5.29. The number of rotatable bonds is 6. The Balaban J connectivity index is 1.12. The van der Waals surface area contributed by atoms with Gasteiger partial charge in [-0.1, -0.05) is 176 Å². The highest BCUT2D eigenvalue weighted by atomic mass is 15.1. The third-order valence-corrected chi connectivity index (χ3v) is 11.1. The fourth-order valence-corrected chi connectivity index (χ4v) is 8.33. The van der Waals surface area contributed by atoms with Gasteiger partial charge in [0.25, 0.3) is 0 Å². The zero-order chi connectivity index (χ0) is 37.7. The van der Waals surface area contributed by atoms with Crippen molar-refractivity contribution in [3.05, 3.63) is 206 Å². The summed E-state index contributed by atoms with van der Waals surface area (Å²) >= 11 is 0. The molecule has 0 amide bonds. The van der Waals surface area contributed by atoms with Crippen LogP contribution in [-0.4, -0.2) is 19.5 Å². The Labute approximate surface area is 330 Å². The lowest BCUT2D eigenvalue weighted by Gasteiger charge is -2.16. The van der Waals surface area contributed by atoms with Crippen molar-refractivity contribution in [3.63, 3.8) is 0 Å². The molecule has 266 valence electrons. The van der Waals surface area contributed by atoms with E-state index in [1.807, 2.05) is 18.2 Å². The second kappa shape index (κ2) is 13.6. The van der Waals surface area contributed by atoms with Gasteiger partial charge in [-0.3, -0.25) is 0 Å². The molecule has 0 unspecified atom stereocenters. The van der Waals surface area contributed by atoms with E-state index in [0.29, 0.717) is 17.5 Å². The normalized spacial score (nSPS) is 11.5. The van der Waals surface area contributed by atoms with E-state index in [-0.39, 0.29) is 0 Å². The van der Waals surface area contributed by atoms with Crippen LogP contribution in [0, 0.1) is 0 Å². The molecular weight excluding hydrogens is 693 g/mol. The topological polar surface area (TPSA) is 43.6 Å². The van der Waals surface area contributed by atoms with Crippen LogP contribution in [-0.2, 0) is 0 Å². The number of hydrogen-bond donors (Lipinski definition) is 0. The minimum absolute atomic E-state index is 0.611. The Morgan fingerprint density at radius 1 is 0.281 bits per heavy atom. The molecule has 0 aliphatic carbocycles. The first-order chi connectivity index (χ1) is 28.3. The zero-order valence-corrected chi connectivity index (χ0v) is 30.9. The van der Waals surface area contributed by atoms with Gasteiger partial charge in [0.15, 0.2) is 17.5 Å². The van der Waals surface area contributed by atoms with Crippen LogP contribution in [0.1, 0.15) is 0 Å². The number of benzene rings is 9. The van der Waals surface area contributed by atoms with Crippen LogP contribution < -0.4 is 0 Å². The van der Waals surface area contributed by atoms with Crippen molar-refractivity contribution >= 4 is 43.4 Å². The molecule has 0 fully saturated rings. The van der Waals surface area contributed by atoms with Gasteiger partial charge in [0.1, 0.15) is 0 Å². The van der Waals surface area contributed by atoms with Gasteiger partial charge in [0, 0.05) is 27.5 Å². The fourth-order valence-electron chi connectivity index (χ4n) is 8.33. The predicted octanol–water partition coefficient (Wildman–Crippen LogP) is 13.6. The van der Waals surface area contributed by atoms with Crippen molar-refractivity contribution in [1.82, 2.24) is 19.5 Å². The Bertz CT molecular complexity index is 3220. The van der Waals surface area contributed by atoms with Gasteiger partial charge in [-0.25, -0.2) is 15.0 Å². The molecule has 2 aromatic heterocycles. The lowest BCUT2D eigenvalue weighted by atomic mass is 9.93. The van der Waals surface area contributed by atoms with Crippen molar-refractivity contribution < 1.29 is 0 Å². The average molecular weight is 727 g/mol. The summed E-state index contributed by atoms with van der Waals surface area (Å²) in [4.78, 5) is 15.6. The monoisotopic (exact) mass is 726 g/mol. The molecule has 11 rings (SSSR count). The fraction of sp³-hybridized carbons (Fsp3) is 0. The highest BCUT2D eigenvalue weighted by Gasteiger charge is 2.20. The van der Waals surface area contributed by atoms with Crippen LogP contribution in [0.3, 0.4) is 0 Å². The molecule has 0 saturated heterocycles. The number of hydrogen-bond acceptors (Lipinski definition) is 3. The quantitative estimate of drug-likeness (QED) is 0.160. The molecule has 0 bridgehead atoms. The van der Waals surface area contributed by atoms with Crippen molar-refractivity contribution in [1.29, 1.82) is 0 Å². The molecule has 57 heavy (non-hydrogen) atoms. The summed E-state index contributed by atoms with van der Waals surface area (Å²) in [6, 6.07) is 72.8. The average Bonchev–Trinajstić information content (AvgIpc) is 3.63. The zero-order valence-electron chi connectivity index (χ0n) is 30.9. The Morgan fingerprint density at radius 2 is 0.754 bits per heavy atom. The summed E-state index contributed by atoms with van der Waals surface area (Å²) in [5.74, 6) is 1.86. The first-order valence-corrected chi connectivity index (χ1v) is 19.3. The van der Waals surface area contributed by atoms with Crippen LogP contribution in [0.2, 0.25) is 0 Å². The summed E-state index contributed by atoms with van der Waals surface area (Å²) in [6.07, 6.45) is 0. The number of aromatic nitrogens is 4. The van der Waals surface area contributed by atoms with E-state index in [2.05, 4.69) is 193 Å². The smallest absolute Gasteiger partial charge is 0.166 e. The molecule has 0 spiro atoms.